The Balaban J connectivity index is 1.70. The number of amides is 1. The molecule has 8 heteroatoms. The van der Waals surface area contributed by atoms with Crippen LogP contribution >= 0.6 is 0 Å². The van der Waals surface area contributed by atoms with E-state index in [1.165, 1.54) is 6.26 Å². The van der Waals surface area contributed by atoms with E-state index in [4.69, 9.17) is 0 Å². The van der Waals surface area contributed by atoms with Crippen LogP contribution in [0.3, 0.4) is 0 Å². The fraction of sp³-hybridized carbons (Fsp3) is 0.364. The average molecular weight is 431 g/mol. The predicted molar refractivity (Wildman–Crippen MR) is 120 cm³/mol. The summed E-state index contributed by atoms with van der Waals surface area (Å²) in [5, 5.41) is 6.35. The van der Waals surface area contributed by atoms with E-state index in [-0.39, 0.29) is 5.91 Å². The Morgan fingerprint density at radius 1 is 0.967 bits per heavy atom. The van der Waals surface area contributed by atoms with Crippen molar-refractivity contribution >= 4 is 21.7 Å². The zero-order valence-electron chi connectivity index (χ0n) is 17.8. The molecular formula is C22H30N4O3S. The van der Waals surface area contributed by atoms with Crippen molar-refractivity contribution in [1.29, 1.82) is 0 Å². The number of carbonyl (C=O) groups excluding carboxylic acids is 1. The molecule has 0 fully saturated rings. The highest BCUT2D eigenvalue weighted by Crippen LogP contribution is 2.10. The lowest BCUT2D eigenvalue weighted by Gasteiger charge is -2.18. The Morgan fingerprint density at radius 3 is 2.20 bits per heavy atom. The van der Waals surface area contributed by atoms with Gasteiger partial charge in [-0.3, -0.25) is 9.79 Å². The van der Waals surface area contributed by atoms with E-state index in [1.807, 2.05) is 42.5 Å². The molecule has 7 nitrogen and oxygen atoms in total. The van der Waals surface area contributed by atoms with Crippen molar-refractivity contribution in [2.24, 2.45) is 4.99 Å². The maximum absolute atomic E-state index is 12.3. The number of hydrogen-bond acceptors (Lipinski definition) is 4. The number of hydrogen-bond donors (Lipinski definition) is 2. The van der Waals surface area contributed by atoms with E-state index >= 15 is 0 Å². The summed E-state index contributed by atoms with van der Waals surface area (Å²) in [6.07, 6.45) is 2.30. The number of carbonyl (C=O) groups is 1. The Kier molecular flexibility index (Phi) is 8.86. The SMILES string of the molecule is CN=C(NCCC(=O)N(C)Cc1ccccc1)NCCc1ccc(S(C)(=O)=O)cc1. The topological polar surface area (TPSA) is 90.9 Å². The zero-order valence-corrected chi connectivity index (χ0v) is 18.6. The molecule has 0 unspecified atom stereocenters. The highest BCUT2D eigenvalue weighted by Gasteiger charge is 2.09. The van der Waals surface area contributed by atoms with Crippen molar-refractivity contribution in [1.82, 2.24) is 15.5 Å². The van der Waals surface area contributed by atoms with Crippen LogP contribution in [0.5, 0.6) is 0 Å². The molecule has 0 bridgehead atoms. The van der Waals surface area contributed by atoms with Gasteiger partial charge in [-0.15, -0.1) is 0 Å². The summed E-state index contributed by atoms with van der Waals surface area (Å²) in [5.74, 6) is 0.689. The summed E-state index contributed by atoms with van der Waals surface area (Å²) in [6.45, 7) is 1.71. The van der Waals surface area contributed by atoms with E-state index in [0.29, 0.717) is 36.9 Å². The van der Waals surface area contributed by atoms with Gasteiger partial charge in [0.05, 0.1) is 4.90 Å². The van der Waals surface area contributed by atoms with Crippen LogP contribution in [0.2, 0.25) is 0 Å². The summed E-state index contributed by atoms with van der Waals surface area (Å²) in [4.78, 5) is 18.5. The quantitative estimate of drug-likeness (QED) is 0.468. The average Bonchev–Trinajstić information content (AvgIpc) is 2.73. The minimum Gasteiger partial charge on any atom is -0.356 e. The van der Waals surface area contributed by atoms with Gasteiger partial charge >= 0.3 is 0 Å². The van der Waals surface area contributed by atoms with Crippen LogP contribution in [0.25, 0.3) is 0 Å². The van der Waals surface area contributed by atoms with Gasteiger partial charge in [0.25, 0.3) is 0 Å². The van der Waals surface area contributed by atoms with Crippen LogP contribution < -0.4 is 10.6 Å². The van der Waals surface area contributed by atoms with Crippen molar-refractivity contribution < 1.29 is 13.2 Å². The molecule has 162 valence electrons. The fourth-order valence-electron chi connectivity index (χ4n) is 2.87. The van der Waals surface area contributed by atoms with E-state index < -0.39 is 9.84 Å². The smallest absolute Gasteiger partial charge is 0.224 e. The second-order valence-electron chi connectivity index (χ2n) is 7.08. The maximum atomic E-state index is 12.3. The first-order chi connectivity index (χ1) is 14.3. The fourth-order valence-corrected chi connectivity index (χ4v) is 3.50. The summed E-state index contributed by atoms with van der Waals surface area (Å²) < 4.78 is 23.0. The first-order valence-electron chi connectivity index (χ1n) is 9.81. The lowest BCUT2D eigenvalue weighted by atomic mass is 10.1. The second-order valence-corrected chi connectivity index (χ2v) is 9.09. The monoisotopic (exact) mass is 430 g/mol. The number of aliphatic imine (C=N–C) groups is 1. The van der Waals surface area contributed by atoms with Crippen LogP contribution in [0.15, 0.2) is 64.5 Å². The van der Waals surface area contributed by atoms with Crippen LogP contribution in [0.1, 0.15) is 17.5 Å². The Hall–Kier alpha value is -2.87. The minimum atomic E-state index is -3.17. The molecule has 2 aromatic carbocycles. The van der Waals surface area contributed by atoms with Crippen molar-refractivity contribution in [3.63, 3.8) is 0 Å². The Bertz CT molecular complexity index is 942. The molecule has 0 saturated heterocycles. The summed E-state index contributed by atoms with van der Waals surface area (Å²) in [5.41, 5.74) is 2.13. The molecule has 0 aliphatic carbocycles. The molecule has 2 N–H and O–H groups in total. The lowest BCUT2D eigenvalue weighted by Crippen LogP contribution is -2.40. The third-order valence-corrected chi connectivity index (χ3v) is 5.73. The molecule has 0 spiro atoms. The molecule has 2 aromatic rings. The predicted octanol–water partition coefficient (Wildman–Crippen LogP) is 1.85. The number of rotatable bonds is 9. The molecule has 0 aliphatic heterocycles. The molecule has 0 aliphatic rings. The highest BCUT2D eigenvalue weighted by molar-refractivity contribution is 7.90. The number of guanidine groups is 1. The van der Waals surface area contributed by atoms with Crippen molar-refractivity contribution in [3.05, 3.63) is 65.7 Å². The number of sulfone groups is 1. The third-order valence-electron chi connectivity index (χ3n) is 4.60. The first-order valence-corrected chi connectivity index (χ1v) is 11.7. The Labute approximate surface area is 179 Å². The van der Waals surface area contributed by atoms with E-state index in [0.717, 1.165) is 17.5 Å². The van der Waals surface area contributed by atoms with Gasteiger partial charge in [0.15, 0.2) is 15.8 Å². The number of nitrogens with one attached hydrogen (secondary N) is 2. The summed E-state index contributed by atoms with van der Waals surface area (Å²) >= 11 is 0. The maximum Gasteiger partial charge on any atom is 0.224 e. The van der Waals surface area contributed by atoms with Gasteiger partial charge in [-0.2, -0.15) is 0 Å². The lowest BCUT2D eigenvalue weighted by molar-refractivity contribution is -0.130. The molecule has 30 heavy (non-hydrogen) atoms. The van der Waals surface area contributed by atoms with Crippen LogP contribution in [0, 0.1) is 0 Å². The minimum absolute atomic E-state index is 0.0628. The summed E-state index contributed by atoms with van der Waals surface area (Å²) in [6, 6.07) is 16.8. The van der Waals surface area contributed by atoms with Gasteiger partial charge in [0, 0.05) is 46.4 Å². The van der Waals surface area contributed by atoms with Crippen LogP contribution in [-0.4, -0.2) is 58.6 Å². The van der Waals surface area contributed by atoms with Gasteiger partial charge in [-0.1, -0.05) is 42.5 Å². The molecule has 2 rings (SSSR count). The van der Waals surface area contributed by atoms with E-state index in [1.54, 1.807) is 31.1 Å². The van der Waals surface area contributed by atoms with Gasteiger partial charge in [0.2, 0.25) is 5.91 Å². The molecule has 0 heterocycles. The van der Waals surface area contributed by atoms with Crippen molar-refractivity contribution in [2.45, 2.75) is 24.3 Å². The van der Waals surface area contributed by atoms with E-state index in [9.17, 15) is 13.2 Å². The summed E-state index contributed by atoms with van der Waals surface area (Å²) in [7, 11) is 0.309. The van der Waals surface area contributed by atoms with Gasteiger partial charge in [-0.05, 0) is 29.7 Å². The molecule has 0 atom stereocenters. The van der Waals surface area contributed by atoms with Crippen molar-refractivity contribution in [3.8, 4) is 0 Å². The molecule has 0 saturated carbocycles. The van der Waals surface area contributed by atoms with Gasteiger partial charge < -0.3 is 15.5 Å². The second kappa shape index (κ2) is 11.3. The Morgan fingerprint density at radius 2 is 1.60 bits per heavy atom. The van der Waals surface area contributed by atoms with Crippen LogP contribution in [-0.2, 0) is 27.6 Å². The molecule has 0 radical (unpaired) electrons. The zero-order chi connectivity index (χ0) is 22.0. The van der Waals surface area contributed by atoms with Crippen LogP contribution in [0.4, 0.5) is 0 Å². The van der Waals surface area contributed by atoms with E-state index in [2.05, 4.69) is 15.6 Å². The molecule has 0 aromatic heterocycles. The first kappa shape index (κ1) is 23.4. The molecular weight excluding hydrogens is 400 g/mol. The normalized spacial score (nSPS) is 11.8. The van der Waals surface area contributed by atoms with Gasteiger partial charge in [-0.25, -0.2) is 8.42 Å². The standard InChI is InChI=1S/C22H30N4O3S/c1-23-22(24-15-13-18-9-11-20(12-10-18)30(3,28)29)25-16-14-21(27)26(2)17-19-7-5-4-6-8-19/h4-12H,13-17H2,1-3H3,(H2,23,24,25). The van der Waals surface area contributed by atoms with Gasteiger partial charge in [0.1, 0.15) is 0 Å². The van der Waals surface area contributed by atoms with Crippen molar-refractivity contribution in [2.75, 3.05) is 33.4 Å². The molecule has 1 amide bonds. The largest absolute Gasteiger partial charge is 0.356 e. The number of nitrogens with zero attached hydrogens (tertiary/aromatic N) is 2. The highest BCUT2D eigenvalue weighted by atomic mass is 32.2. The third kappa shape index (κ3) is 7.87. The number of benzene rings is 2.